The second-order valence-electron chi connectivity index (χ2n) is 6.10. The molecule has 0 bridgehead atoms. The number of rotatable bonds is 11. The zero-order valence-electron chi connectivity index (χ0n) is 15.6. The van der Waals surface area contributed by atoms with Gasteiger partial charge in [0.05, 0.1) is 19.8 Å². The van der Waals surface area contributed by atoms with Crippen molar-refractivity contribution in [2.45, 2.75) is 19.3 Å². The van der Waals surface area contributed by atoms with Gasteiger partial charge in [-0.25, -0.2) is 0 Å². The smallest absolute Gasteiger partial charge is 0.190 e. The average Bonchev–Trinajstić information content (AvgIpc) is 3.17. The van der Waals surface area contributed by atoms with Crippen LogP contribution in [0.2, 0.25) is 0 Å². The lowest BCUT2D eigenvalue weighted by atomic mass is 10.1. The van der Waals surface area contributed by atoms with Gasteiger partial charge in [0.25, 0.3) is 0 Å². The molecule has 1 fully saturated rings. The van der Waals surface area contributed by atoms with Gasteiger partial charge in [-0.1, -0.05) is 18.2 Å². The van der Waals surface area contributed by atoms with E-state index in [1.165, 1.54) is 0 Å². The van der Waals surface area contributed by atoms with Crippen molar-refractivity contribution in [3.63, 3.8) is 0 Å². The van der Waals surface area contributed by atoms with Crippen LogP contribution in [-0.2, 0) is 9.47 Å². The van der Waals surface area contributed by atoms with E-state index in [1.54, 1.807) is 7.05 Å². The van der Waals surface area contributed by atoms with Gasteiger partial charge in [-0.2, -0.15) is 0 Å². The van der Waals surface area contributed by atoms with Crippen molar-refractivity contribution < 1.29 is 14.2 Å². The number of hydrogen-bond acceptors (Lipinski definition) is 4. The van der Waals surface area contributed by atoms with Gasteiger partial charge in [0.1, 0.15) is 5.75 Å². The monoisotopic (exact) mass is 477 g/mol. The lowest BCUT2D eigenvalue weighted by molar-refractivity contribution is 0.0888. The molecule has 6 nitrogen and oxygen atoms in total. The number of nitrogens with zero attached hydrogens (tertiary/aromatic N) is 1. The quantitative estimate of drug-likeness (QED) is 0.222. The van der Waals surface area contributed by atoms with Crippen molar-refractivity contribution in [3.8, 4) is 5.75 Å². The molecule has 1 aliphatic heterocycles. The fourth-order valence-electron chi connectivity index (χ4n) is 2.55. The average molecular weight is 477 g/mol. The van der Waals surface area contributed by atoms with Gasteiger partial charge in [0, 0.05) is 39.3 Å². The van der Waals surface area contributed by atoms with Crippen LogP contribution in [0.5, 0.6) is 5.75 Å². The first-order valence-electron chi connectivity index (χ1n) is 9.16. The Morgan fingerprint density at radius 3 is 2.54 bits per heavy atom. The van der Waals surface area contributed by atoms with E-state index in [9.17, 15) is 0 Å². The molecule has 2 N–H and O–H groups in total. The van der Waals surface area contributed by atoms with Crippen LogP contribution >= 0.6 is 24.0 Å². The largest absolute Gasteiger partial charge is 0.494 e. The number of aliphatic imine (C=N–C) groups is 1. The summed E-state index contributed by atoms with van der Waals surface area (Å²) in [6.45, 7) is 5.68. The highest BCUT2D eigenvalue weighted by Crippen LogP contribution is 2.12. The van der Waals surface area contributed by atoms with Gasteiger partial charge in [-0.3, -0.25) is 4.99 Å². The molecule has 1 unspecified atom stereocenters. The first-order valence-corrected chi connectivity index (χ1v) is 9.16. The molecule has 1 atom stereocenters. The van der Waals surface area contributed by atoms with Crippen LogP contribution in [0.3, 0.4) is 0 Å². The summed E-state index contributed by atoms with van der Waals surface area (Å²) >= 11 is 0. The maximum absolute atomic E-state index is 5.69. The molecule has 1 aromatic rings. The first kappa shape index (κ1) is 23.0. The highest BCUT2D eigenvalue weighted by atomic mass is 127. The van der Waals surface area contributed by atoms with Crippen molar-refractivity contribution in [3.05, 3.63) is 30.3 Å². The zero-order chi connectivity index (χ0) is 17.6. The van der Waals surface area contributed by atoms with Gasteiger partial charge in [0.2, 0.25) is 0 Å². The molecule has 148 valence electrons. The van der Waals surface area contributed by atoms with E-state index in [2.05, 4.69) is 15.6 Å². The van der Waals surface area contributed by atoms with Gasteiger partial charge in [-0.15, -0.1) is 24.0 Å². The molecule has 0 saturated carbocycles. The Balaban J connectivity index is 0.00000338. The topological polar surface area (TPSA) is 64.1 Å². The van der Waals surface area contributed by atoms with Gasteiger partial charge >= 0.3 is 0 Å². The Labute approximate surface area is 174 Å². The summed E-state index contributed by atoms with van der Waals surface area (Å²) in [4.78, 5) is 4.22. The highest BCUT2D eigenvalue weighted by molar-refractivity contribution is 14.0. The standard InChI is InChI=1S/C19H31N3O3.HI/c1-20-19(21-10-5-12-23-15-17-9-14-24-16-17)22-11-6-13-25-18-7-3-2-4-8-18;/h2-4,7-8,17H,5-6,9-16H2,1H3,(H2,20,21,22);1H. The Kier molecular flexibility index (Phi) is 13.3. The first-order chi connectivity index (χ1) is 12.4. The molecule has 1 aliphatic rings. The van der Waals surface area contributed by atoms with E-state index in [1.807, 2.05) is 30.3 Å². The fraction of sp³-hybridized carbons (Fsp3) is 0.632. The molecule has 1 aromatic carbocycles. The lowest BCUT2D eigenvalue weighted by Crippen LogP contribution is -2.38. The number of hydrogen-bond donors (Lipinski definition) is 2. The molecule has 0 spiro atoms. The summed E-state index contributed by atoms with van der Waals surface area (Å²) in [6.07, 6.45) is 3.01. The minimum absolute atomic E-state index is 0. The summed E-state index contributed by atoms with van der Waals surface area (Å²) in [7, 11) is 1.78. The van der Waals surface area contributed by atoms with E-state index in [0.717, 1.165) is 70.5 Å². The maximum Gasteiger partial charge on any atom is 0.190 e. The zero-order valence-corrected chi connectivity index (χ0v) is 17.9. The Morgan fingerprint density at radius 2 is 1.88 bits per heavy atom. The minimum atomic E-state index is 0. The molecule has 0 radical (unpaired) electrons. The van der Waals surface area contributed by atoms with Crippen molar-refractivity contribution in [1.82, 2.24) is 10.6 Å². The number of halogens is 1. The normalized spacial score (nSPS) is 16.8. The number of para-hydroxylation sites is 1. The van der Waals surface area contributed by atoms with E-state index in [0.29, 0.717) is 12.5 Å². The summed E-state index contributed by atoms with van der Waals surface area (Å²) in [6, 6.07) is 9.87. The van der Waals surface area contributed by atoms with E-state index >= 15 is 0 Å². The van der Waals surface area contributed by atoms with E-state index in [4.69, 9.17) is 14.2 Å². The molecule has 1 saturated heterocycles. The second-order valence-corrected chi connectivity index (χ2v) is 6.10. The van der Waals surface area contributed by atoms with Crippen LogP contribution < -0.4 is 15.4 Å². The predicted octanol–water partition coefficient (Wildman–Crippen LogP) is 2.68. The molecule has 26 heavy (non-hydrogen) atoms. The molecular weight excluding hydrogens is 445 g/mol. The van der Waals surface area contributed by atoms with E-state index in [-0.39, 0.29) is 24.0 Å². The summed E-state index contributed by atoms with van der Waals surface area (Å²) in [5, 5.41) is 6.59. The maximum atomic E-state index is 5.69. The minimum Gasteiger partial charge on any atom is -0.494 e. The molecule has 2 rings (SSSR count). The Hall–Kier alpha value is -1.06. The summed E-state index contributed by atoms with van der Waals surface area (Å²) < 4.78 is 16.7. The number of nitrogens with one attached hydrogen (secondary N) is 2. The predicted molar refractivity (Wildman–Crippen MR) is 116 cm³/mol. The SMILES string of the molecule is CN=C(NCCCOCC1CCOC1)NCCCOc1ccccc1.I. The summed E-state index contributed by atoms with van der Waals surface area (Å²) in [5.41, 5.74) is 0. The fourth-order valence-corrected chi connectivity index (χ4v) is 2.55. The third-order valence-corrected chi connectivity index (χ3v) is 3.98. The molecular formula is C19H32IN3O3. The Bertz CT molecular complexity index is 482. The molecule has 0 aliphatic carbocycles. The van der Waals surface area contributed by atoms with Crippen molar-refractivity contribution >= 4 is 29.9 Å². The van der Waals surface area contributed by atoms with Crippen LogP contribution in [0.25, 0.3) is 0 Å². The third kappa shape index (κ3) is 10.2. The van der Waals surface area contributed by atoms with Crippen molar-refractivity contribution in [1.29, 1.82) is 0 Å². The number of ether oxygens (including phenoxy) is 3. The molecule has 0 aromatic heterocycles. The van der Waals surface area contributed by atoms with Crippen molar-refractivity contribution in [2.75, 3.05) is 53.2 Å². The molecule has 1 heterocycles. The van der Waals surface area contributed by atoms with Crippen LogP contribution in [0.15, 0.2) is 35.3 Å². The van der Waals surface area contributed by atoms with E-state index < -0.39 is 0 Å². The van der Waals surface area contributed by atoms with Crippen molar-refractivity contribution in [2.24, 2.45) is 10.9 Å². The number of benzene rings is 1. The van der Waals surface area contributed by atoms with Crippen LogP contribution in [-0.4, -0.2) is 59.1 Å². The van der Waals surface area contributed by atoms with Gasteiger partial charge < -0.3 is 24.8 Å². The van der Waals surface area contributed by atoms with Gasteiger partial charge in [-0.05, 0) is 31.4 Å². The van der Waals surface area contributed by atoms with Crippen LogP contribution in [0.1, 0.15) is 19.3 Å². The lowest BCUT2D eigenvalue weighted by Gasteiger charge is -2.13. The Morgan fingerprint density at radius 1 is 1.15 bits per heavy atom. The van der Waals surface area contributed by atoms with Crippen LogP contribution in [0, 0.1) is 5.92 Å². The molecule has 7 heteroatoms. The second kappa shape index (κ2) is 15.0. The molecule has 0 amide bonds. The third-order valence-electron chi connectivity index (χ3n) is 3.98. The number of guanidine groups is 1. The highest BCUT2D eigenvalue weighted by Gasteiger charge is 2.15. The van der Waals surface area contributed by atoms with Crippen LogP contribution in [0.4, 0.5) is 0 Å². The summed E-state index contributed by atoms with van der Waals surface area (Å²) in [5.74, 6) is 2.32. The van der Waals surface area contributed by atoms with Gasteiger partial charge in [0.15, 0.2) is 5.96 Å².